The Bertz CT molecular complexity index is 701. The SMILES string of the molecule is COc1cc(O)c(CNCCc2ccc([N+](=O)[O-])cc2)c(OC)c1. The average molecular weight is 332 g/mol. The highest BCUT2D eigenvalue weighted by molar-refractivity contribution is 5.49. The number of nitro benzene ring substituents is 1. The van der Waals surface area contributed by atoms with E-state index in [2.05, 4.69) is 5.32 Å². The zero-order valence-electron chi connectivity index (χ0n) is 13.6. The van der Waals surface area contributed by atoms with Crippen LogP contribution in [0.15, 0.2) is 36.4 Å². The standard InChI is InChI=1S/C17H20N2O5/c1-23-14-9-16(20)15(17(10-14)24-2)11-18-8-7-12-3-5-13(6-4-12)19(21)22/h3-6,9-10,18,20H,7-8,11H2,1-2H3. The molecular formula is C17H20N2O5. The van der Waals surface area contributed by atoms with Crippen molar-refractivity contribution >= 4 is 5.69 Å². The molecule has 0 heterocycles. The number of phenolic OH excluding ortho intramolecular Hbond substituents is 1. The summed E-state index contributed by atoms with van der Waals surface area (Å²) in [6.07, 6.45) is 0.719. The Kier molecular flexibility index (Phi) is 5.97. The fourth-order valence-electron chi connectivity index (χ4n) is 2.31. The lowest BCUT2D eigenvalue weighted by Crippen LogP contribution is -2.17. The monoisotopic (exact) mass is 332 g/mol. The molecule has 0 unspecified atom stereocenters. The molecule has 0 amide bonds. The molecule has 0 fully saturated rings. The van der Waals surface area contributed by atoms with Crippen LogP contribution >= 0.6 is 0 Å². The van der Waals surface area contributed by atoms with Crippen molar-refractivity contribution in [2.45, 2.75) is 13.0 Å². The summed E-state index contributed by atoms with van der Waals surface area (Å²) in [6, 6.07) is 9.72. The first kappa shape index (κ1) is 17.6. The Balaban J connectivity index is 1.91. The fraction of sp³-hybridized carbons (Fsp3) is 0.294. The molecule has 2 aromatic carbocycles. The zero-order valence-corrected chi connectivity index (χ0v) is 13.6. The summed E-state index contributed by atoms with van der Waals surface area (Å²) in [5.74, 6) is 1.18. The molecule has 0 atom stereocenters. The minimum Gasteiger partial charge on any atom is -0.507 e. The predicted molar refractivity (Wildman–Crippen MR) is 89.7 cm³/mol. The number of methoxy groups -OCH3 is 2. The van der Waals surface area contributed by atoms with Crippen LogP contribution < -0.4 is 14.8 Å². The molecular weight excluding hydrogens is 312 g/mol. The van der Waals surface area contributed by atoms with Gasteiger partial charge in [-0.2, -0.15) is 0 Å². The fourth-order valence-corrected chi connectivity index (χ4v) is 2.31. The number of rotatable bonds is 8. The van der Waals surface area contributed by atoms with E-state index in [9.17, 15) is 15.2 Å². The summed E-state index contributed by atoms with van der Waals surface area (Å²) in [5.41, 5.74) is 1.74. The van der Waals surface area contributed by atoms with Crippen molar-refractivity contribution < 1.29 is 19.5 Å². The number of hydrogen-bond donors (Lipinski definition) is 2. The Morgan fingerprint density at radius 1 is 1.17 bits per heavy atom. The maximum atomic E-state index is 10.6. The molecule has 0 radical (unpaired) electrons. The van der Waals surface area contributed by atoms with Crippen molar-refractivity contribution in [3.63, 3.8) is 0 Å². The molecule has 0 saturated heterocycles. The van der Waals surface area contributed by atoms with Crippen LogP contribution in [0.4, 0.5) is 5.69 Å². The third kappa shape index (κ3) is 4.36. The van der Waals surface area contributed by atoms with E-state index in [0.717, 1.165) is 12.0 Å². The van der Waals surface area contributed by atoms with Crippen LogP contribution in [0.3, 0.4) is 0 Å². The molecule has 0 aromatic heterocycles. The van der Waals surface area contributed by atoms with Gasteiger partial charge in [0, 0.05) is 36.4 Å². The molecule has 0 saturated carbocycles. The largest absolute Gasteiger partial charge is 0.507 e. The van der Waals surface area contributed by atoms with Gasteiger partial charge in [0.15, 0.2) is 0 Å². The van der Waals surface area contributed by atoms with E-state index in [1.807, 2.05) is 0 Å². The zero-order chi connectivity index (χ0) is 17.5. The van der Waals surface area contributed by atoms with E-state index in [1.165, 1.54) is 32.4 Å². The maximum absolute atomic E-state index is 10.6. The van der Waals surface area contributed by atoms with Crippen molar-refractivity contribution in [2.24, 2.45) is 0 Å². The molecule has 2 aromatic rings. The van der Waals surface area contributed by atoms with E-state index >= 15 is 0 Å². The third-order valence-electron chi connectivity index (χ3n) is 3.65. The first-order chi connectivity index (χ1) is 11.5. The Morgan fingerprint density at radius 2 is 1.88 bits per heavy atom. The normalized spacial score (nSPS) is 10.4. The second-order valence-electron chi connectivity index (χ2n) is 5.18. The van der Waals surface area contributed by atoms with E-state index in [-0.39, 0.29) is 11.4 Å². The van der Waals surface area contributed by atoms with Gasteiger partial charge in [-0.1, -0.05) is 12.1 Å². The number of nitro groups is 1. The first-order valence-electron chi connectivity index (χ1n) is 7.43. The number of phenols is 1. The molecule has 2 rings (SSSR count). The minimum atomic E-state index is -0.416. The predicted octanol–water partition coefficient (Wildman–Crippen LogP) is 2.65. The van der Waals surface area contributed by atoms with Gasteiger partial charge in [-0.05, 0) is 18.5 Å². The maximum Gasteiger partial charge on any atom is 0.269 e. The van der Waals surface area contributed by atoms with Crippen LogP contribution in [0.2, 0.25) is 0 Å². The summed E-state index contributed by atoms with van der Waals surface area (Å²) in [6.45, 7) is 1.10. The summed E-state index contributed by atoms with van der Waals surface area (Å²) < 4.78 is 10.4. The topological polar surface area (TPSA) is 93.9 Å². The average Bonchev–Trinajstić information content (AvgIpc) is 2.59. The molecule has 0 aliphatic heterocycles. The van der Waals surface area contributed by atoms with Crippen molar-refractivity contribution in [3.8, 4) is 17.2 Å². The smallest absolute Gasteiger partial charge is 0.269 e. The molecule has 128 valence electrons. The number of nitrogens with zero attached hydrogens (tertiary/aromatic N) is 1. The lowest BCUT2D eigenvalue weighted by Gasteiger charge is -2.13. The highest BCUT2D eigenvalue weighted by Gasteiger charge is 2.11. The Morgan fingerprint density at radius 3 is 2.46 bits per heavy atom. The van der Waals surface area contributed by atoms with E-state index in [1.54, 1.807) is 18.2 Å². The molecule has 7 heteroatoms. The van der Waals surface area contributed by atoms with Gasteiger partial charge in [-0.3, -0.25) is 10.1 Å². The molecule has 2 N–H and O–H groups in total. The summed E-state index contributed by atoms with van der Waals surface area (Å²) in [4.78, 5) is 10.2. The van der Waals surface area contributed by atoms with Crippen LogP contribution in [0.5, 0.6) is 17.2 Å². The second kappa shape index (κ2) is 8.16. The summed E-state index contributed by atoms with van der Waals surface area (Å²) >= 11 is 0. The third-order valence-corrected chi connectivity index (χ3v) is 3.65. The number of hydrogen-bond acceptors (Lipinski definition) is 6. The van der Waals surface area contributed by atoms with Gasteiger partial charge in [0.1, 0.15) is 17.2 Å². The Labute approximate surface area is 140 Å². The lowest BCUT2D eigenvalue weighted by molar-refractivity contribution is -0.384. The molecule has 24 heavy (non-hydrogen) atoms. The van der Waals surface area contributed by atoms with Gasteiger partial charge in [0.25, 0.3) is 5.69 Å². The van der Waals surface area contributed by atoms with E-state index < -0.39 is 4.92 Å². The van der Waals surface area contributed by atoms with Crippen LogP contribution in [0.25, 0.3) is 0 Å². The van der Waals surface area contributed by atoms with Crippen LogP contribution in [0.1, 0.15) is 11.1 Å². The first-order valence-corrected chi connectivity index (χ1v) is 7.43. The number of non-ortho nitro benzene ring substituents is 1. The highest BCUT2D eigenvalue weighted by atomic mass is 16.6. The second-order valence-corrected chi connectivity index (χ2v) is 5.18. The molecule has 0 aliphatic rings. The molecule has 7 nitrogen and oxygen atoms in total. The van der Waals surface area contributed by atoms with Gasteiger partial charge in [0.05, 0.1) is 19.1 Å². The molecule has 0 aliphatic carbocycles. The summed E-state index contributed by atoms with van der Waals surface area (Å²) in [5, 5.41) is 23.9. The van der Waals surface area contributed by atoms with Crippen LogP contribution in [-0.2, 0) is 13.0 Å². The van der Waals surface area contributed by atoms with Crippen LogP contribution in [0, 0.1) is 10.1 Å². The highest BCUT2D eigenvalue weighted by Crippen LogP contribution is 2.33. The van der Waals surface area contributed by atoms with Gasteiger partial charge in [-0.15, -0.1) is 0 Å². The molecule has 0 spiro atoms. The van der Waals surface area contributed by atoms with E-state index in [0.29, 0.717) is 30.2 Å². The van der Waals surface area contributed by atoms with Gasteiger partial charge >= 0.3 is 0 Å². The van der Waals surface area contributed by atoms with Crippen molar-refractivity contribution in [1.29, 1.82) is 0 Å². The minimum absolute atomic E-state index is 0.0830. The number of aromatic hydroxyl groups is 1. The van der Waals surface area contributed by atoms with Gasteiger partial charge in [0.2, 0.25) is 0 Å². The van der Waals surface area contributed by atoms with Crippen molar-refractivity contribution in [1.82, 2.24) is 5.32 Å². The quantitative estimate of drug-likeness (QED) is 0.438. The van der Waals surface area contributed by atoms with Gasteiger partial charge < -0.3 is 19.9 Å². The van der Waals surface area contributed by atoms with Crippen LogP contribution in [-0.4, -0.2) is 30.8 Å². The number of benzene rings is 2. The Hall–Kier alpha value is -2.80. The van der Waals surface area contributed by atoms with Crippen molar-refractivity contribution in [2.75, 3.05) is 20.8 Å². The van der Waals surface area contributed by atoms with Crippen molar-refractivity contribution in [3.05, 3.63) is 57.6 Å². The molecule has 0 bridgehead atoms. The summed E-state index contributed by atoms with van der Waals surface area (Å²) in [7, 11) is 3.06. The van der Waals surface area contributed by atoms with Gasteiger partial charge in [-0.25, -0.2) is 0 Å². The lowest BCUT2D eigenvalue weighted by atomic mass is 10.1. The number of ether oxygens (including phenoxy) is 2. The van der Waals surface area contributed by atoms with E-state index in [4.69, 9.17) is 9.47 Å². The number of nitrogens with one attached hydrogen (secondary N) is 1.